The van der Waals surface area contributed by atoms with E-state index < -0.39 is 10.0 Å². The van der Waals surface area contributed by atoms with Gasteiger partial charge in [0.05, 0.1) is 5.52 Å². The fraction of sp³-hybridized carbons (Fsp3) is 0.350. The third kappa shape index (κ3) is 3.26. The quantitative estimate of drug-likeness (QED) is 0.671. The van der Waals surface area contributed by atoms with Crippen molar-refractivity contribution >= 4 is 36.9 Å². The summed E-state index contributed by atoms with van der Waals surface area (Å²) in [4.78, 5) is 4.62. The zero-order valence-electron chi connectivity index (χ0n) is 14.4. The molecule has 4 rings (SSSR count). The minimum atomic E-state index is -3.53. The van der Waals surface area contributed by atoms with Crippen molar-refractivity contribution < 1.29 is 8.42 Å². The van der Waals surface area contributed by atoms with Gasteiger partial charge in [-0.3, -0.25) is 4.98 Å². The molecule has 1 unspecified atom stereocenters. The van der Waals surface area contributed by atoms with Gasteiger partial charge >= 0.3 is 0 Å². The van der Waals surface area contributed by atoms with E-state index in [1.54, 1.807) is 22.6 Å². The van der Waals surface area contributed by atoms with Crippen molar-refractivity contribution in [3.63, 3.8) is 0 Å². The summed E-state index contributed by atoms with van der Waals surface area (Å²) in [5.41, 5.74) is 0.554. The van der Waals surface area contributed by atoms with Gasteiger partial charge < -0.3 is 0 Å². The number of fused-ring (bicyclic) bond motifs is 1. The van der Waals surface area contributed by atoms with Crippen molar-refractivity contribution in [1.29, 1.82) is 0 Å². The largest absolute Gasteiger partial charge is 0.255 e. The first-order valence-corrected chi connectivity index (χ1v) is 11.2. The summed E-state index contributed by atoms with van der Waals surface area (Å²) >= 11 is 3.68. The monoisotopic (exact) mass is 432 g/mol. The van der Waals surface area contributed by atoms with Crippen LogP contribution in [0.25, 0.3) is 10.9 Å². The van der Waals surface area contributed by atoms with Gasteiger partial charge in [0.2, 0.25) is 10.0 Å². The Bertz CT molecular complexity index is 971. The van der Waals surface area contributed by atoms with Crippen LogP contribution >= 0.6 is 15.9 Å². The number of sulfonamides is 1. The Balaban J connectivity index is 1.56. The van der Waals surface area contributed by atoms with Crippen LogP contribution < -0.4 is 0 Å². The number of para-hydroxylation sites is 1. The number of aromatic nitrogens is 1. The van der Waals surface area contributed by atoms with Crippen molar-refractivity contribution in [2.45, 2.75) is 24.2 Å². The van der Waals surface area contributed by atoms with Gasteiger partial charge in [-0.05, 0) is 41.8 Å². The predicted molar refractivity (Wildman–Crippen MR) is 107 cm³/mol. The molecular formula is C20H21BrN2O2S. The molecule has 4 nitrogen and oxygen atoms in total. The van der Waals surface area contributed by atoms with E-state index in [1.165, 1.54) is 4.48 Å². The maximum Gasteiger partial charge on any atom is 0.245 e. The summed E-state index contributed by atoms with van der Waals surface area (Å²) in [6, 6.07) is 9.07. The molecule has 2 aromatic rings. The highest BCUT2D eigenvalue weighted by Gasteiger charge is 2.33. The molecule has 136 valence electrons. The average Bonchev–Trinajstić information content (AvgIpc) is 2.68. The van der Waals surface area contributed by atoms with Crippen LogP contribution in [0.1, 0.15) is 19.3 Å². The van der Waals surface area contributed by atoms with Gasteiger partial charge in [0.25, 0.3) is 0 Å². The smallest absolute Gasteiger partial charge is 0.245 e. The summed E-state index contributed by atoms with van der Waals surface area (Å²) in [6.07, 6.45) is 11.0. The molecule has 0 spiro atoms. The van der Waals surface area contributed by atoms with E-state index in [4.69, 9.17) is 0 Å². The van der Waals surface area contributed by atoms with E-state index in [1.807, 2.05) is 18.2 Å². The number of hydrogen-bond donors (Lipinski definition) is 0. The summed E-state index contributed by atoms with van der Waals surface area (Å²) in [5.74, 6) is 0.863. The Kier molecular flexibility index (Phi) is 4.99. The lowest BCUT2D eigenvalue weighted by Gasteiger charge is -2.35. The maximum absolute atomic E-state index is 13.2. The lowest BCUT2D eigenvalue weighted by atomic mass is 9.83. The summed E-state index contributed by atoms with van der Waals surface area (Å²) in [5, 5.41) is 0.852. The Morgan fingerprint density at radius 3 is 2.65 bits per heavy atom. The van der Waals surface area contributed by atoms with Gasteiger partial charge in [-0.25, -0.2) is 8.42 Å². The minimum absolute atomic E-state index is 0.313. The molecule has 0 saturated carbocycles. The molecule has 2 aliphatic rings. The van der Waals surface area contributed by atoms with Crippen LogP contribution in [-0.4, -0.2) is 30.8 Å². The summed E-state index contributed by atoms with van der Waals surface area (Å²) < 4.78 is 29.3. The number of hydrogen-bond acceptors (Lipinski definition) is 3. The van der Waals surface area contributed by atoms with Crippen molar-refractivity contribution in [1.82, 2.24) is 9.29 Å². The Hall–Kier alpha value is -1.50. The Morgan fingerprint density at radius 2 is 1.88 bits per heavy atom. The maximum atomic E-state index is 13.2. The number of pyridine rings is 1. The van der Waals surface area contributed by atoms with Crippen LogP contribution in [0.2, 0.25) is 0 Å². The molecule has 1 aromatic heterocycles. The van der Waals surface area contributed by atoms with Crippen LogP contribution in [-0.2, 0) is 10.0 Å². The zero-order valence-corrected chi connectivity index (χ0v) is 16.8. The molecule has 0 N–H and O–H groups in total. The second-order valence-corrected chi connectivity index (χ2v) is 9.67. The molecule has 2 heterocycles. The second-order valence-electron chi connectivity index (χ2n) is 6.85. The van der Waals surface area contributed by atoms with E-state index in [9.17, 15) is 8.42 Å². The van der Waals surface area contributed by atoms with E-state index >= 15 is 0 Å². The van der Waals surface area contributed by atoms with Crippen LogP contribution in [0.3, 0.4) is 0 Å². The Morgan fingerprint density at radius 1 is 1.12 bits per heavy atom. The third-order valence-electron chi connectivity index (χ3n) is 5.33. The molecule has 0 radical (unpaired) electrons. The van der Waals surface area contributed by atoms with Gasteiger partial charge in [-0.15, -0.1) is 0 Å². The predicted octanol–water partition coefficient (Wildman–Crippen LogP) is 4.49. The number of benzene rings is 1. The summed E-state index contributed by atoms with van der Waals surface area (Å²) in [7, 11) is -3.53. The topological polar surface area (TPSA) is 50.3 Å². The molecule has 1 saturated heterocycles. The zero-order chi connectivity index (χ0) is 18.1. The highest BCUT2D eigenvalue weighted by atomic mass is 79.9. The van der Waals surface area contributed by atoms with E-state index in [0.29, 0.717) is 35.3 Å². The molecular weight excluding hydrogens is 412 g/mol. The first-order chi connectivity index (χ1) is 12.6. The lowest BCUT2D eigenvalue weighted by molar-refractivity contribution is 0.249. The number of allylic oxidation sites excluding steroid dienone is 4. The highest BCUT2D eigenvalue weighted by molar-refractivity contribution is 9.11. The SMILES string of the molecule is O=S(=O)(c1cccc2cccnc12)N1CCC(C2C=CCC=C2Br)CC1. The minimum Gasteiger partial charge on any atom is -0.255 e. The standard InChI is InChI=1S/C20H21BrN2O2S/c21-18-8-2-1-7-17(18)15-10-13-23(14-11-15)26(24,25)19-9-3-5-16-6-4-12-22-20(16)19/h1,3-9,12,15,17H,2,10-11,13-14H2. The third-order valence-corrected chi connectivity index (χ3v) is 8.11. The van der Waals surface area contributed by atoms with Gasteiger partial charge in [-0.1, -0.05) is 52.4 Å². The fourth-order valence-corrected chi connectivity index (χ4v) is 6.26. The van der Waals surface area contributed by atoms with Crippen molar-refractivity contribution in [2.75, 3.05) is 13.1 Å². The molecule has 1 fully saturated rings. The van der Waals surface area contributed by atoms with Crippen LogP contribution in [0, 0.1) is 11.8 Å². The Labute approximate surface area is 162 Å². The first kappa shape index (κ1) is 17.9. The van der Waals surface area contributed by atoms with E-state index in [0.717, 1.165) is 24.6 Å². The molecule has 0 bridgehead atoms. The van der Waals surface area contributed by atoms with Crippen molar-refractivity contribution in [2.24, 2.45) is 11.8 Å². The molecule has 6 heteroatoms. The van der Waals surface area contributed by atoms with Crippen LogP contribution in [0.5, 0.6) is 0 Å². The van der Waals surface area contributed by atoms with Gasteiger partial charge in [0.1, 0.15) is 4.90 Å². The fourth-order valence-electron chi connectivity index (χ4n) is 3.91. The number of rotatable bonds is 3. The van der Waals surface area contributed by atoms with Gasteiger partial charge in [0, 0.05) is 30.6 Å². The molecule has 1 aromatic carbocycles. The van der Waals surface area contributed by atoms with E-state index in [2.05, 4.69) is 39.1 Å². The average molecular weight is 433 g/mol. The molecule has 0 amide bonds. The highest BCUT2D eigenvalue weighted by Crippen LogP contribution is 2.37. The number of nitrogens with zero attached hydrogens (tertiary/aromatic N) is 2. The normalized spacial score (nSPS) is 22.5. The molecule has 1 aliphatic heterocycles. The number of halogens is 1. The van der Waals surface area contributed by atoms with Crippen molar-refractivity contribution in [3.05, 3.63) is 59.2 Å². The van der Waals surface area contributed by atoms with Gasteiger partial charge in [-0.2, -0.15) is 4.31 Å². The van der Waals surface area contributed by atoms with E-state index in [-0.39, 0.29) is 0 Å². The number of piperidine rings is 1. The molecule has 1 aliphatic carbocycles. The molecule has 1 atom stereocenters. The van der Waals surface area contributed by atoms with Crippen molar-refractivity contribution in [3.8, 4) is 0 Å². The lowest BCUT2D eigenvalue weighted by Crippen LogP contribution is -2.40. The first-order valence-electron chi connectivity index (χ1n) is 8.93. The second kappa shape index (κ2) is 7.25. The van der Waals surface area contributed by atoms with Crippen LogP contribution in [0.4, 0.5) is 0 Å². The summed E-state index contributed by atoms with van der Waals surface area (Å²) in [6.45, 7) is 1.11. The van der Waals surface area contributed by atoms with Crippen LogP contribution in [0.15, 0.2) is 64.1 Å². The van der Waals surface area contributed by atoms with Gasteiger partial charge in [0.15, 0.2) is 0 Å². The molecule has 26 heavy (non-hydrogen) atoms.